The molecule has 0 saturated heterocycles. The summed E-state index contributed by atoms with van der Waals surface area (Å²) in [5.74, 6) is -0.222. The Morgan fingerprint density at radius 1 is 1.39 bits per heavy atom. The van der Waals surface area contributed by atoms with Crippen molar-refractivity contribution in [2.24, 2.45) is 0 Å². The Hall–Kier alpha value is -2.54. The first kappa shape index (κ1) is 11.9. The number of hydrogen-bond donors (Lipinski definition) is 0. The SMILES string of the molecule is Cc1cccc(C(=O)OC(C#N)c2ccco2)c1. The topological polar surface area (TPSA) is 63.2 Å². The maximum absolute atomic E-state index is 11.8. The van der Waals surface area contributed by atoms with Crippen LogP contribution in [0, 0.1) is 18.3 Å². The van der Waals surface area contributed by atoms with Crippen molar-refractivity contribution in [3.05, 3.63) is 59.5 Å². The molecular weight excluding hydrogens is 230 g/mol. The molecule has 0 radical (unpaired) electrons. The second kappa shape index (κ2) is 5.19. The number of nitrogens with zero attached hydrogens (tertiary/aromatic N) is 1. The maximum Gasteiger partial charge on any atom is 0.339 e. The minimum Gasteiger partial charge on any atom is -0.464 e. The fourth-order valence-electron chi connectivity index (χ4n) is 1.54. The largest absolute Gasteiger partial charge is 0.464 e. The van der Waals surface area contributed by atoms with Crippen molar-refractivity contribution in [1.29, 1.82) is 5.26 Å². The average molecular weight is 241 g/mol. The first-order chi connectivity index (χ1) is 8.70. The summed E-state index contributed by atoms with van der Waals surface area (Å²) in [6.45, 7) is 1.88. The third-order valence-corrected chi connectivity index (χ3v) is 2.40. The molecule has 1 atom stereocenters. The lowest BCUT2D eigenvalue weighted by molar-refractivity contribution is 0.0367. The molecule has 0 saturated carbocycles. The van der Waals surface area contributed by atoms with Gasteiger partial charge in [-0.2, -0.15) is 5.26 Å². The fraction of sp³-hybridized carbons (Fsp3) is 0.143. The first-order valence-corrected chi connectivity index (χ1v) is 5.41. The smallest absolute Gasteiger partial charge is 0.339 e. The van der Waals surface area contributed by atoms with Crippen molar-refractivity contribution in [2.45, 2.75) is 13.0 Å². The third-order valence-electron chi connectivity index (χ3n) is 2.40. The van der Waals surface area contributed by atoms with E-state index in [1.807, 2.05) is 19.1 Å². The van der Waals surface area contributed by atoms with Crippen molar-refractivity contribution in [3.63, 3.8) is 0 Å². The number of hydrogen-bond acceptors (Lipinski definition) is 4. The lowest BCUT2D eigenvalue weighted by Crippen LogP contribution is -2.10. The minimum absolute atomic E-state index is 0.318. The van der Waals surface area contributed by atoms with E-state index in [0.717, 1.165) is 5.56 Å². The van der Waals surface area contributed by atoms with E-state index >= 15 is 0 Å². The third kappa shape index (κ3) is 2.58. The summed E-state index contributed by atoms with van der Waals surface area (Å²) in [6, 6.07) is 12.1. The predicted octanol–water partition coefficient (Wildman–Crippen LogP) is 3.01. The molecule has 4 heteroatoms. The van der Waals surface area contributed by atoms with Crippen LogP contribution in [0.3, 0.4) is 0 Å². The van der Waals surface area contributed by atoms with Gasteiger partial charge >= 0.3 is 5.97 Å². The molecule has 2 aromatic rings. The van der Waals surface area contributed by atoms with Crippen LogP contribution in [0.25, 0.3) is 0 Å². The number of esters is 1. The quantitative estimate of drug-likeness (QED) is 0.775. The van der Waals surface area contributed by atoms with E-state index in [1.54, 1.807) is 30.3 Å². The summed E-state index contributed by atoms with van der Waals surface area (Å²) >= 11 is 0. The molecule has 90 valence electrons. The fourth-order valence-corrected chi connectivity index (χ4v) is 1.54. The zero-order valence-corrected chi connectivity index (χ0v) is 9.79. The van der Waals surface area contributed by atoms with E-state index in [0.29, 0.717) is 11.3 Å². The van der Waals surface area contributed by atoms with Crippen LogP contribution in [0.15, 0.2) is 47.1 Å². The molecule has 0 spiro atoms. The second-order valence-electron chi connectivity index (χ2n) is 3.80. The molecule has 1 unspecified atom stereocenters. The van der Waals surface area contributed by atoms with Gasteiger partial charge in [-0.1, -0.05) is 17.7 Å². The van der Waals surface area contributed by atoms with Crippen LogP contribution in [0.1, 0.15) is 27.8 Å². The van der Waals surface area contributed by atoms with Gasteiger partial charge in [0, 0.05) is 0 Å². The second-order valence-corrected chi connectivity index (χ2v) is 3.80. The van der Waals surface area contributed by atoms with Crippen molar-refractivity contribution in [3.8, 4) is 6.07 Å². The van der Waals surface area contributed by atoms with Crippen LogP contribution in [0.2, 0.25) is 0 Å². The molecule has 0 bridgehead atoms. The normalized spacial score (nSPS) is 11.6. The van der Waals surface area contributed by atoms with Gasteiger partial charge in [0.15, 0.2) is 5.76 Å². The number of nitriles is 1. The van der Waals surface area contributed by atoms with Gasteiger partial charge in [-0.05, 0) is 31.2 Å². The van der Waals surface area contributed by atoms with E-state index in [-0.39, 0.29) is 0 Å². The van der Waals surface area contributed by atoms with Crippen LogP contribution in [-0.2, 0) is 4.74 Å². The van der Waals surface area contributed by atoms with Gasteiger partial charge in [-0.3, -0.25) is 0 Å². The number of furan rings is 1. The Labute approximate surface area is 104 Å². The Morgan fingerprint density at radius 2 is 2.22 bits per heavy atom. The maximum atomic E-state index is 11.8. The first-order valence-electron chi connectivity index (χ1n) is 5.41. The van der Waals surface area contributed by atoms with Gasteiger partial charge in [-0.15, -0.1) is 0 Å². The molecule has 18 heavy (non-hydrogen) atoms. The molecule has 0 amide bonds. The van der Waals surface area contributed by atoms with Gasteiger partial charge in [0.2, 0.25) is 6.10 Å². The molecule has 1 heterocycles. The summed E-state index contributed by atoms with van der Waals surface area (Å²) in [5.41, 5.74) is 1.37. The molecule has 4 nitrogen and oxygen atoms in total. The van der Waals surface area contributed by atoms with Crippen molar-refractivity contribution >= 4 is 5.97 Å². The molecule has 0 fully saturated rings. The highest BCUT2D eigenvalue weighted by atomic mass is 16.6. The molecule has 0 N–H and O–H groups in total. The van der Waals surface area contributed by atoms with Crippen molar-refractivity contribution in [2.75, 3.05) is 0 Å². The van der Waals surface area contributed by atoms with Gasteiger partial charge in [0.05, 0.1) is 11.8 Å². The summed E-state index contributed by atoms with van der Waals surface area (Å²) in [5, 5.41) is 8.96. The molecule has 2 rings (SSSR count). The zero-order valence-electron chi connectivity index (χ0n) is 9.79. The molecule has 1 aromatic heterocycles. The molecule has 0 aliphatic heterocycles. The lowest BCUT2D eigenvalue weighted by Gasteiger charge is -2.08. The standard InChI is InChI=1S/C14H11NO3/c1-10-4-2-5-11(8-10)14(16)18-13(9-15)12-6-3-7-17-12/h2-8,13H,1H3. The van der Waals surface area contributed by atoms with E-state index in [2.05, 4.69) is 0 Å². The van der Waals surface area contributed by atoms with E-state index < -0.39 is 12.1 Å². The van der Waals surface area contributed by atoms with Crippen LogP contribution >= 0.6 is 0 Å². The van der Waals surface area contributed by atoms with E-state index in [4.69, 9.17) is 14.4 Å². The van der Waals surface area contributed by atoms with E-state index in [1.165, 1.54) is 6.26 Å². The van der Waals surface area contributed by atoms with Crippen molar-refractivity contribution in [1.82, 2.24) is 0 Å². The monoisotopic (exact) mass is 241 g/mol. The van der Waals surface area contributed by atoms with Crippen LogP contribution in [0.4, 0.5) is 0 Å². The summed E-state index contributed by atoms with van der Waals surface area (Å²) in [7, 11) is 0. The number of benzene rings is 1. The summed E-state index contributed by atoms with van der Waals surface area (Å²) < 4.78 is 10.1. The number of carbonyl (C=O) groups excluding carboxylic acids is 1. The van der Waals surface area contributed by atoms with Gasteiger partial charge in [0.1, 0.15) is 6.07 Å². The minimum atomic E-state index is -1.02. The predicted molar refractivity (Wildman–Crippen MR) is 63.7 cm³/mol. The van der Waals surface area contributed by atoms with E-state index in [9.17, 15) is 4.79 Å². The van der Waals surface area contributed by atoms with Crippen LogP contribution < -0.4 is 0 Å². The molecule has 0 aliphatic carbocycles. The number of ether oxygens (including phenoxy) is 1. The number of rotatable bonds is 3. The average Bonchev–Trinajstić information content (AvgIpc) is 2.89. The van der Waals surface area contributed by atoms with Crippen LogP contribution in [-0.4, -0.2) is 5.97 Å². The molecule has 0 aliphatic rings. The lowest BCUT2D eigenvalue weighted by atomic mass is 10.1. The number of aryl methyl sites for hydroxylation is 1. The Morgan fingerprint density at radius 3 is 2.83 bits per heavy atom. The van der Waals surface area contributed by atoms with Gasteiger partial charge in [-0.25, -0.2) is 4.79 Å². The van der Waals surface area contributed by atoms with Gasteiger partial charge < -0.3 is 9.15 Å². The summed E-state index contributed by atoms with van der Waals surface area (Å²) in [6.07, 6.45) is 0.410. The van der Waals surface area contributed by atoms with Crippen LogP contribution in [0.5, 0.6) is 0 Å². The van der Waals surface area contributed by atoms with Crippen molar-refractivity contribution < 1.29 is 13.9 Å². The Bertz CT molecular complexity index is 581. The van der Waals surface area contributed by atoms with Gasteiger partial charge in [0.25, 0.3) is 0 Å². The highest BCUT2D eigenvalue weighted by molar-refractivity contribution is 5.89. The zero-order chi connectivity index (χ0) is 13.0. The summed E-state index contributed by atoms with van der Waals surface area (Å²) in [4.78, 5) is 11.8. The highest BCUT2D eigenvalue weighted by Gasteiger charge is 2.19. The Kier molecular flexibility index (Phi) is 3.44. The molecular formula is C14H11NO3. The number of carbonyl (C=O) groups is 1. The molecule has 1 aromatic carbocycles. The highest BCUT2D eigenvalue weighted by Crippen LogP contribution is 2.19. The Balaban J connectivity index is 2.14.